The van der Waals surface area contributed by atoms with E-state index in [1.165, 1.54) is 32.0 Å². The second-order valence-electron chi connectivity index (χ2n) is 6.91. The SMILES string of the molecule is Nc1nn(-c2nccc3c2NC=NC3O)cc1-c1cnn(C2CCCC2)c1. The maximum Gasteiger partial charge on any atom is 0.177 e. The largest absolute Gasteiger partial charge is 0.382 e. The van der Waals surface area contributed by atoms with Crippen LogP contribution < -0.4 is 11.1 Å². The van der Waals surface area contributed by atoms with Crippen LogP contribution in [0.5, 0.6) is 0 Å². The third-order valence-corrected chi connectivity index (χ3v) is 5.24. The van der Waals surface area contributed by atoms with Crippen LogP contribution >= 0.6 is 0 Å². The fraction of sp³-hybridized carbons (Fsp3) is 0.333. The van der Waals surface area contributed by atoms with E-state index < -0.39 is 6.23 Å². The van der Waals surface area contributed by atoms with Crippen molar-refractivity contribution in [1.29, 1.82) is 0 Å². The molecule has 3 aromatic heterocycles. The highest BCUT2D eigenvalue weighted by molar-refractivity contribution is 5.84. The van der Waals surface area contributed by atoms with Gasteiger partial charge < -0.3 is 16.2 Å². The van der Waals surface area contributed by atoms with Gasteiger partial charge in [0.05, 0.1) is 24.3 Å². The number of rotatable bonds is 3. The Morgan fingerprint density at radius 3 is 2.93 bits per heavy atom. The average molecular weight is 364 g/mol. The van der Waals surface area contributed by atoms with E-state index >= 15 is 0 Å². The highest BCUT2D eigenvalue weighted by Crippen LogP contribution is 2.34. The number of aliphatic hydroxyl groups is 1. The Morgan fingerprint density at radius 2 is 2.07 bits per heavy atom. The number of hydrogen-bond donors (Lipinski definition) is 3. The molecule has 4 heterocycles. The van der Waals surface area contributed by atoms with Crippen LogP contribution in [0, 0.1) is 0 Å². The molecule has 27 heavy (non-hydrogen) atoms. The van der Waals surface area contributed by atoms with Gasteiger partial charge in [-0.05, 0) is 18.9 Å². The molecule has 0 aromatic carbocycles. The molecule has 1 aliphatic carbocycles. The Bertz CT molecular complexity index is 1010. The molecule has 4 N–H and O–H groups in total. The van der Waals surface area contributed by atoms with Crippen molar-refractivity contribution in [3.05, 3.63) is 36.4 Å². The van der Waals surface area contributed by atoms with Gasteiger partial charge in [0.25, 0.3) is 0 Å². The van der Waals surface area contributed by atoms with E-state index in [-0.39, 0.29) is 0 Å². The first-order valence-corrected chi connectivity index (χ1v) is 9.06. The van der Waals surface area contributed by atoms with E-state index in [2.05, 4.69) is 25.5 Å². The summed E-state index contributed by atoms with van der Waals surface area (Å²) >= 11 is 0. The molecule has 1 fully saturated rings. The predicted molar refractivity (Wildman–Crippen MR) is 102 cm³/mol. The van der Waals surface area contributed by atoms with Crippen molar-refractivity contribution in [2.24, 2.45) is 4.99 Å². The third-order valence-electron chi connectivity index (χ3n) is 5.24. The lowest BCUT2D eigenvalue weighted by atomic mass is 10.1. The topological polar surface area (TPSA) is 119 Å². The van der Waals surface area contributed by atoms with Gasteiger partial charge in [-0.25, -0.2) is 14.7 Å². The average Bonchev–Trinajstić information content (AvgIpc) is 3.42. The van der Waals surface area contributed by atoms with E-state index in [4.69, 9.17) is 5.73 Å². The monoisotopic (exact) mass is 364 g/mol. The molecule has 2 aliphatic rings. The normalized spacial score (nSPS) is 19.2. The van der Waals surface area contributed by atoms with Crippen LogP contribution in [0.2, 0.25) is 0 Å². The van der Waals surface area contributed by atoms with Gasteiger partial charge in [0, 0.05) is 35.3 Å². The van der Waals surface area contributed by atoms with Gasteiger partial charge in [-0.1, -0.05) is 12.8 Å². The van der Waals surface area contributed by atoms with Crippen molar-refractivity contribution in [1.82, 2.24) is 24.5 Å². The number of fused-ring (bicyclic) bond motifs is 1. The highest BCUT2D eigenvalue weighted by atomic mass is 16.3. The molecule has 5 rings (SSSR count). The Labute approximate surface area is 155 Å². The lowest BCUT2D eigenvalue weighted by Gasteiger charge is -2.18. The Hall–Kier alpha value is -3.20. The maximum absolute atomic E-state index is 10.0. The molecule has 9 nitrogen and oxygen atoms in total. The van der Waals surface area contributed by atoms with Gasteiger partial charge in [-0.3, -0.25) is 4.68 Å². The smallest absolute Gasteiger partial charge is 0.177 e. The predicted octanol–water partition coefficient (Wildman–Crippen LogP) is 2.27. The number of nitrogens with two attached hydrogens (primary N) is 1. The highest BCUT2D eigenvalue weighted by Gasteiger charge is 2.22. The summed E-state index contributed by atoms with van der Waals surface area (Å²) < 4.78 is 3.66. The summed E-state index contributed by atoms with van der Waals surface area (Å²) in [5.74, 6) is 0.962. The molecule has 0 spiro atoms. The van der Waals surface area contributed by atoms with E-state index in [1.54, 1.807) is 16.9 Å². The molecule has 138 valence electrons. The van der Waals surface area contributed by atoms with Crippen molar-refractivity contribution < 1.29 is 5.11 Å². The van der Waals surface area contributed by atoms with E-state index in [1.807, 2.05) is 23.3 Å². The van der Waals surface area contributed by atoms with Gasteiger partial charge in [0.2, 0.25) is 0 Å². The van der Waals surface area contributed by atoms with Crippen LogP contribution in [-0.2, 0) is 0 Å². The minimum Gasteiger partial charge on any atom is -0.382 e. The van der Waals surface area contributed by atoms with Crippen molar-refractivity contribution in [2.45, 2.75) is 38.0 Å². The zero-order chi connectivity index (χ0) is 18.4. The molecule has 0 saturated heterocycles. The first-order valence-electron chi connectivity index (χ1n) is 9.06. The molecule has 0 bridgehead atoms. The number of anilines is 2. The lowest BCUT2D eigenvalue weighted by molar-refractivity contribution is 0.189. The number of aliphatic imine (C=N–C) groups is 1. The fourth-order valence-corrected chi connectivity index (χ4v) is 3.82. The number of nitrogens with one attached hydrogen (secondary N) is 1. The van der Waals surface area contributed by atoms with Crippen LogP contribution in [0.4, 0.5) is 11.5 Å². The minimum atomic E-state index is -0.917. The quantitative estimate of drug-likeness (QED) is 0.656. The van der Waals surface area contributed by atoms with E-state index in [0.29, 0.717) is 28.9 Å². The lowest BCUT2D eigenvalue weighted by Crippen LogP contribution is -2.14. The van der Waals surface area contributed by atoms with Gasteiger partial charge in [0.1, 0.15) is 0 Å². The van der Waals surface area contributed by atoms with Crippen LogP contribution in [0.25, 0.3) is 16.9 Å². The summed E-state index contributed by atoms with van der Waals surface area (Å²) in [5, 5.41) is 22.0. The number of aliphatic hydroxyl groups excluding tert-OH is 1. The van der Waals surface area contributed by atoms with Crippen LogP contribution in [0.15, 0.2) is 35.8 Å². The number of hydrogen-bond acceptors (Lipinski definition) is 7. The molecule has 3 aromatic rings. The van der Waals surface area contributed by atoms with Crippen LogP contribution in [0.1, 0.15) is 43.5 Å². The first-order chi connectivity index (χ1) is 13.2. The summed E-state index contributed by atoms with van der Waals surface area (Å²) in [6.07, 6.45) is 12.7. The fourth-order valence-electron chi connectivity index (χ4n) is 3.82. The van der Waals surface area contributed by atoms with Crippen molar-refractivity contribution >= 4 is 17.8 Å². The second kappa shape index (κ2) is 6.20. The summed E-state index contributed by atoms with van der Waals surface area (Å²) in [6, 6.07) is 2.20. The third kappa shape index (κ3) is 2.67. The van der Waals surface area contributed by atoms with Gasteiger partial charge in [-0.2, -0.15) is 5.10 Å². The number of nitrogen functional groups attached to an aromatic ring is 1. The van der Waals surface area contributed by atoms with Gasteiger partial charge in [0.15, 0.2) is 17.9 Å². The van der Waals surface area contributed by atoms with Crippen molar-refractivity contribution in [2.75, 3.05) is 11.1 Å². The molecule has 0 amide bonds. The van der Waals surface area contributed by atoms with Gasteiger partial charge in [-0.15, -0.1) is 5.10 Å². The molecular weight excluding hydrogens is 344 g/mol. The summed E-state index contributed by atoms with van der Waals surface area (Å²) in [7, 11) is 0. The Morgan fingerprint density at radius 1 is 1.22 bits per heavy atom. The molecule has 1 atom stereocenters. The summed E-state index contributed by atoms with van der Waals surface area (Å²) in [4.78, 5) is 8.34. The molecule has 9 heteroatoms. The maximum atomic E-state index is 10.0. The van der Waals surface area contributed by atoms with Crippen molar-refractivity contribution in [3.63, 3.8) is 0 Å². The molecule has 1 aliphatic heterocycles. The number of nitrogens with zero attached hydrogens (tertiary/aromatic N) is 6. The summed E-state index contributed by atoms with van der Waals surface area (Å²) in [5.41, 5.74) is 9.24. The Balaban J connectivity index is 1.52. The Kier molecular flexibility index (Phi) is 3.68. The molecule has 1 saturated carbocycles. The zero-order valence-corrected chi connectivity index (χ0v) is 14.7. The minimum absolute atomic E-state index is 0.408. The molecular formula is C18H20N8O. The van der Waals surface area contributed by atoms with Crippen LogP contribution in [-0.4, -0.2) is 36.0 Å². The van der Waals surface area contributed by atoms with Crippen molar-refractivity contribution in [3.8, 4) is 16.9 Å². The van der Waals surface area contributed by atoms with E-state index in [9.17, 15) is 5.11 Å². The molecule has 0 radical (unpaired) electrons. The van der Waals surface area contributed by atoms with Crippen LogP contribution in [0.3, 0.4) is 0 Å². The second-order valence-corrected chi connectivity index (χ2v) is 6.91. The molecule has 1 unspecified atom stereocenters. The first kappa shape index (κ1) is 16.0. The number of pyridine rings is 1. The standard InChI is InChI=1S/C18H20N8O/c19-16-14(11-7-23-25(8-11)12-3-1-2-4-12)9-26(24-16)17-15-13(5-6-20-17)18(27)22-10-21-15/h5-10,12,18,27H,1-4H2,(H2,19,24)(H,21,22). The van der Waals surface area contributed by atoms with Gasteiger partial charge >= 0.3 is 0 Å². The summed E-state index contributed by atoms with van der Waals surface area (Å²) in [6.45, 7) is 0. The number of aromatic nitrogens is 5. The van der Waals surface area contributed by atoms with E-state index in [0.717, 1.165) is 11.1 Å². The zero-order valence-electron chi connectivity index (χ0n) is 14.7.